The number of aromatic hydroxyl groups is 1. The number of nitrogens with zero attached hydrogens (tertiary/aromatic N) is 5. The molecule has 0 bridgehead atoms. The highest BCUT2D eigenvalue weighted by Gasteiger charge is 2.12. The molecule has 0 atom stereocenters. The maximum atomic E-state index is 10.7. The molecule has 0 saturated carbocycles. The van der Waals surface area contributed by atoms with Crippen LogP contribution in [0.3, 0.4) is 0 Å². The molecule has 2 aromatic heterocycles. The Kier molecular flexibility index (Phi) is 5.58. The minimum Gasteiger partial charge on any atom is -0.505 e. The summed E-state index contributed by atoms with van der Waals surface area (Å²) in [6.07, 6.45) is 3.28. The molecular formula is C24H18N6O3. The fraction of sp³-hybridized carbons (Fsp3) is 0.0417. The van der Waals surface area contributed by atoms with E-state index in [1.165, 1.54) is 0 Å². The van der Waals surface area contributed by atoms with Gasteiger partial charge in [0.15, 0.2) is 6.73 Å². The summed E-state index contributed by atoms with van der Waals surface area (Å²) in [5.74, 6) is 1.17. The van der Waals surface area contributed by atoms with Crippen molar-refractivity contribution in [3.05, 3.63) is 85.2 Å². The summed E-state index contributed by atoms with van der Waals surface area (Å²) in [6.45, 7) is 0.136. The maximum absolute atomic E-state index is 10.7. The Morgan fingerprint density at radius 3 is 2.48 bits per heavy atom. The van der Waals surface area contributed by atoms with Crippen LogP contribution in [0.1, 0.15) is 0 Å². The average molecular weight is 438 g/mol. The molecule has 0 spiro atoms. The van der Waals surface area contributed by atoms with Gasteiger partial charge >= 0.3 is 6.01 Å². The van der Waals surface area contributed by atoms with E-state index in [9.17, 15) is 5.11 Å². The van der Waals surface area contributed by atoms with Crippen molar-refractivity contribution in [1.29, 1.82) is 0 Å². The number of pyridine rings is 1. The van der Waals surface area contributed by atoms with E-state index in [-0.39, 0.29) is 18.5 Å². The highest BCUT2D eigenvalue weighted by Crippen LogP contribution is 2.39. The van der Waals surface area contributed by atoms with Gasteiger partial charge in [-0.3, -0.25) is 4.98 Å². The predicted octanol–water partition coefficient (Wildman–Crippen LogP) is 5.85. The number of hydrogen-bond acceptors (Lipinski definition) is 9. The molecule has 9 heteroatoms. The molecule has 0 amide bonds. The van der Waals surface area contributed by atoms with Crippen LogP contribution in [0.15, 0.2) is 99.9 Å². The summed E-state index contributed by atoms with van der Waals surface area (Å²) in [5.41, 5.74) is 1.79. The average Bonchev–Trinajstić information content (AvgIpc) is 3.35. The molecule has 33 heavy (non-hydrogen) atoms. The van der Waals surface area contributed by atoms with Crippen molar-refractivity contribution in [2.24, 2.45) is 10.2 Å². The van der Waals surface area contributed by atoms with Gasteiger partial charge in [0.05, 0.1) is 11.4 Å². The number of nitrogens with one attached hydrogen (secondary N) is 1. The van der Waals surface area contributed by atoms with Crippen molar-refractivity contribution in [3.63, 3.8) is 0 Å². The van der Waals surface area contributed by atoms with Gasteiger partial charge in [-0.2, -0.15) is 4.98 Å². The maximum Gasteiger partial charge on any atom is 0.366 e. The third kappa shape index (κ3) is 4.47. The van der Waals surface area contributed by atoms with Crippen LogP contribution in [-0.2, 0) is 0 Å². The van der Waals surface area contributed by atoms with E-state index < -0.39 is 0 Å². The summed E-state index contributed by atoms with van der Waals surface area (Å²) in [5, 5.41) is 27.5. The van der Waals surface area contributed by atoms with Crippen molar-refractivity contribution in [1.82, 2.24) is 15.1 Å². The standard InChI is InChI=1S/C24H18N6O3/c31-22-19-9-5-4-8-18(19)20(14-21(22)26-15-32-17-10-12-25-13-11-17)28-29-24-27-23(30-33-24)16-6-2-1-3-7-16/h1-14,26,31H,15H2. The fourth-order valence-corrected chi connectivity index (χ4v) is 3.25. The molecular weight excluding hydrogens is 420 g/mol. The van der Waals surface area contributed by atoms with Crippen molar-refractivity contribution in [2.45, 2.75) is 0 Å². The van der Waals surface area contributed by atoms with Gasteiger partial charge in [0.2, 0.25) is 5.82 Å². The molecule has 3 aromatic carbocycles. The van der Waals surface area contributed by atoms with Crippen LogP contribution in [0.25, 0.3) is 22.2 Å². The topological polar surface area (TPSA) is 118 Å². The van der Waals surface area contributed by atoms with E-state index in [1.54, 1.807) is 36.7 Å². The fourth-order valence-electron chi connectivity index (χ4n) is 3.25. The second-order valence-electron chi connectivity index (χ2n) is 6.95. The molecule has 0 fully saturated rings. The largest absolute Gasteiger partial charge is 0.505 e. The number of anilines is 1. The minimum atomic E-state index is 0.0292. The lowest BCUT2D eigenvalue weighted by molar-refractivity contribution is 0.345. The molecule has 0 saturated heterocycles. The highest BCUT2D eigenvalue weighted by atomic mass is 16.5. The second kappa shape index (κ2) is 9.15. The van der Waals surface area contributed by atoms with Crippen LogP contribution < -0.4 is 10.1 Å². The number of hydrogen-bond donors (Lipinski definition) is 2. The van der Waals surface area contributed by atoms with Crippen LogP contribution in [0.5, 0.6) is 11.5 Å². The van der Waals surface area contributed by atoms with Gasteiger partial charge in [-0.25, -0.2) is 0 Å². The molecule has 162 valence electrons. The van der Waals surface area contributed by atoms with E-state index in [2.05, 4.69) is 30.7 Å². The van der Waals surface area contributed by atoms with Gasteiger partial charge in [-0.05, 0) is 18.2 Å². The molecule has 2 heterocycles. The first kappa shape index (κ1) is 20.1. The molecule has 0 radical (unpaired) electrons. The zero-order chi connectivity index (χ0) is 22.5. The van der Waals surface area contributed by atoms with Gasteiger partial charge in [0.25, 0.3) is 0 Å². The first-order valence-electron chi connectivity index (χ1n) is 10.1. The first-order valence-corrected chi connectivity index (χ1v) is 10.1. The summed E-state index contributed by atoms with van der Waals surface area (Å²) in [6, 6.07) is 22.0. The molecule has 0 aliphatic carbocycles. The smallest absolute Gasteiger partial charge is 0.366 e. The van der Waals surface area contributed by atoms with E-state index >= 15 is 0 Å². The van der Waals surface area contributed by atoms with Gasteiger partial charge in [-0.15, -0.1) is 5.11 Å². The van der Waals surface area contributed by atoms with Crippen molar-refractivity contribution >= 4 is 28.2 Å². The zero-order valence-corrected chi connectivity index (χ0v) is 17.3. The number of rotatable bonds is 7. The van der Waals surface area contributed by atoms with Gasteiger partial charge in [0.1, 0.15) is 11.5 Å². The van der Waals surface area contributed by atoms with E-state index in [4.69, 9.17) is 9.26 Å². The van der Waals surface area contributed by atoms with Gasteiger partial charge < -0.3 is 19.7 Å². The predicted molar refractivity (Wildman–Crippen MR) is 123 cm³/mol. The van der Waals surface area contributed by atoms with Crippen LogP contribution in [-0.4, -0.2) is 27.0 Å². The third-order valence-corrected chi connectivity index (χ3v) is 4.84. The van der Waals surface area contributed by atoms with Crippen LogP contribution in [0.2, 0.25) is 0 Å². The third-order valence-electron chi connectivity index (χ3n) is 4.84. The highest BCUT2D eigenvalue weighted by molar-refractivity contribution is 6.00. The number of ether oxygens (including phenoxy) is 1. The Bertz CT molecular complexity index is 1400. The zero-order valence-electron chi connectivity index (χ0n) is 17.3. The molecule has 0 aliphatic heterocycles. The van der Waals surface area contributed by atoms with Crippen LogP contribution in [0.4, 0.5) is 17.4 Å². The number of benzene rings is 3. The van der Waals surface area contributed by atoms with Crippen LogP contribution >= 0.6 is 0 Å². The monoisotopic (exact) mass is 438 g/mol. The Morgan fingerprint density at radius 1 is 0.909 bits per heavy atom. The summed E-state index contributed by atoms with van der Waals surface area (Å²) in [7, 11) is 0. The van der Waals surface area contributed by atoms with E-state index in [0.29, 0.717) is 28.3 Å². The number of phenols is 1. The Hall–Kier alpha value is -4.79. The molecule has 0 unspecified atom stereocenters. The molecule has 2 N–H and O–H groups in total. The first-order chi connectivity index (χ1) is 16.3. The lowest BCUT2D eigenvalue weighted by Gasteiger charge is -2.13. The summed E-state index contributed by atoms with van der Waals surface area (Å²) < 4.78 is 10.9. The lowest BCUT2D eigenvalue weighted by Crippen LogP contribution is -2.09. The van der Waals surface area contributed by atoms with Crippen molar-refractivity contribution in [2.75, 3.05) is 12.0 Å². The minimum absolute atomic E-state index is 0.0292. The summed E-state index contributed by atoms with van der Waals surface area (Å²) in [4.78, 5) is 8.23. The number of fused-ring (bicyclic) bond motifs is 1. The van der Waals surface area contributed by atoms with E-state index in [0.717, 1.165) is 10.9 Å². The second-order valence-corrected chi connectivity index (χ2v) is 6.95. The SMILES string of the molecule is Oc1c(NCOc2ccncc2)cc(N=Nc2nc(-c3ccccc3)no2)c2ccccc12. The van der Waals surface area contributed by atoms with Crippen LogP contribution in [0, 0.1) is 0 Å². The van der Waals surface area contributed by atoms with Gasteiger partial charge in [0, 0.05) is 28.7 Å². The number of phenolic OH excluding ortho intramolecular Hbond substituents is 1. The number of aromatic nitrogens is 3. The quantitative estimate of drug-likeness (QED) is 0.186. The normalized spacial score (nSPS) is 11.2. The Balaban J connectivity index is 1.41. The molecule has 9 nitrogen and oxygen atoms in total. The molecule has 5 rings (SSSR count). The lowest BCUT2D eigenvalue weighted by atomic mass is 10.1. The molecule has 5 aromatic rings. The molecule has 0 aliphatic rings. The Labute approximate surface area is 188 Å². The number of azo groups is 1. The van der Waals surface area contributed by atoms with Gasteiger partial charge in [-0.1, -0.05) is 64.9 Å². The van der Waals surface area contributed by atoms with Crippen molar-refractivity contribution < 1.29 is 14.4 Å². The van der Waals surface area contributed by atoms with E-state index in [1.807, 2.05) is 48.5 Å². The Morgan fingerprint density at radius 2 is 1.67 bits per heavy atom. The van der Waals surface area contributed by atoms with Crippen molar-refractivity contribution in [3.8, 4) is 22.9 Å². The summed E-state index contributed by atoms with van der Waals surface area (Å²) >= 11 is 0.